The SMILES string of the molecule is COc1ccnc(C(=O)C[C@@H](C)C(=O)O[C@H](C(C)C)[C@H](C)OCC2CC2)c1OCOC(C)=O. The molecule has 0 aliphatic heterocycles. The average molecular weight is 466 g/mol. The normalized spacial score (nSPS) is 16.0. The lowest BCUT2D eigenvalue weighted by Crippen LogP contribution is -2.37. The number of hydrogen-bond acceptors (Lipinski definition) is 9. The molecule has 0 aromatic carbocycles. The van der Waals surface area contributed by atoms with Crippen LogP contribution in [0.25, 0.3) is 0 Å². The molecule has 33 heavy (non-hydrogen) atoms. The molecule has 3 atom stereocenters. The van der Waals surface area contributed by atoms with Gasteiger partial charge in [0.15, 0.2) is 23.0 Å². The number of esters is 2. The molecular weight excluding hydrogens is 430 g/mol. The van der Waals surface area contributed by atoms with E-state index in [0.717, 1.165) is 0 Å². The van der Waals surface area contributed by atoms with Crippen molar-refractivity contribution in [3.8, 4) is 11.5 Å². The molecule has 0 N–H and O–H groups in total. The van der Waals surface area contributed by atoms with Gasteiger partial charge in [-0.2, -0.15) is 0 Å². The molecule has 1 saturated carbocycles. The van der Waals surface area contributed by atoms with Gasteiger partial charge in [-0.1, -0.05) is 20.8 Å². The highest BCUT2D eigenvalue weighted by atomic mass is 16.7. The maximum Gasteiger partial charge on any atom is 0.309 e. The van der Waals surface area contributed by atoms with Crippen LogP contribution in [0.1, 0.15) is 64.4 Å². The minimum Gasteiger partial charge on any atom is -0.493 e. The van der Waals surface area contributed by atoms with Gasteiger partial charge in [0.1, 0.15) is 6.10 Å². The van der Waals surface area contributed by atoms with Crippen LogP contribution in [0.5, 0.6) is 11.5 Å². The largest absolute Gasteiger partial charge is 0.493 e. The molecule has 0 spiro atoms. The number of nitrogens with zero attached hydrogens (tertiary/aromatic N) is 1. The number of carbonyl (C=O) groups excluding carboxylic acids is 3. The van der Waals surface area contributed by atoms with Crippen LogP contribution in [0.3, 0.4) is 0 Å². The van der Waals surface area contributed by atoms with Crippen LogP contribution < -0.4 is 9.47 Å². The number of rotatable bonds is 14. The van der Waals surface area contributed by atoms with E-state index in [0.29, 0.717) is 12.5 Å². The third-order valence-corrected chi connectivity index (χ3v) is 5.38. The number of hydrogen-bond donors (Lipinski definition) is 0. The van der Waals surface area contributed by atoms with Crippen molar-refractivity contribution in [1.29, 1.82) is 0 Å². The zero-order valence-corrected chi connectivity index (χ0v) is 20.3. The fourth-order valence-corrected chi connectivity index (χ4v) is 3.25. The van der Waals surface area contributed by atoms with E-state index in [9.17, 15) is 14.4 Å². The number of carbonyl (C=O) groups is 3. The minimum atomic E-state index is -0.705. The molecule has 0 radical (unpaired) electrons. The Balaban J connectivity index is 2.02. The molecule has 9 heteroatoms. The molecule has 1 aliphatic rings. The maximum absolute atomic E-state index is 12.9. The molecule has 0 amide bonds. The Morgan fingerprint density at radius 3 is 2.42 bits per heavy atom. The molecule has 184 valence electrons. The third kappa shape index (κ3) is 8.31. The van der Waals surface area contributed by atoms with Crippen molar-refractivity contribution in [3.63, 3.8) is 0 Å². The number of Topliss-reactive ketones (excluding diaryl/α,β-unsaturated/α-hetero) is 1. The first-order valence-electron chi connectivity index (χ1n) is 11.3. The molecule has 9 nitrogen and oxygen atoms in total. The summed E-state index contributed by atoms with van der Waals surface area (Å²) in [6, 6.07) is 1.52. The predicted octanol–water partition coefficient (Wildman–Crippen LogP) is 3.58. The first-order valence-corrected chi connectivity index (χ1v) is 11.3. The van der Waals surface area contributed by atoms with Crippen molar-refractivity contribution >= 4 is 17.7 Å². The van der Waals surface area contributed by atoms with E-state index in [1.165, 1.54) is 39.1 Å². The summed E-state index contributed by atoms with van der Waals surface area (Å²) in [5.74, 6) is -1.15. The number of ether oxygens (including phenoxy) is 5. The third-order valence-electron chi connectivity index (χ3n) is 5.38. The van der Waals surface area contributed by atoms with Gasteiger partial charge in [0.05, 0.1) is 19.1 Å². The van der Waals surface area contributed by atoms with Gasteiger partial charge in [0.25, 0.3) is 0 Å². The summed E-state index contributed by atoms with van der Waals surface area (Å²) in [5.41, 5.74) is -0.0114. The van der Waals surface area contributed by atoms with Gasteiger partial charge in [0.2, 0.25) is 6.79 Å². The van der Waals surface area contributed by atoms with Crippen molar-refractivity contribution in [2.45, 2.75) is 66.1 Å². The monoisotopic (exact) mass is 465 g/mol. The second-order valence-electron chi connectivity index (χ2n) is 8.74. The molecule has 0 unspecified atom stereocenters. The fraction of sp³-hybridized carbons (Fsp3) is 0.667. The minimum absolute atomic E-state index is 0.0114. The number of ketones is 1. The summed E-state index contributed by atoms with van der Waals surface area (Å²) >= 11 is 0. The van der Waals surface area contributed by atoms with Gasteiger partial charge in [-0.15, -0.1) is 0 Å². The smallest absolute Gasteiger partial charge is 0.309 e. The lowest BCUT2D eigenvalue weighted by atomic mass is 10.00. The number of methoxy groups -OCH3 is 1. The van der Waals surface area contributed by atoms with Crippen LogP contribution in [0.2, 0.25) is 0 Å². The highest BCUT2D eigenvalue weighted by Crippen LogP contribution is 2.32. The highest BCUT2D eigenvalue weighted by molar-refractivity contribution is 5.99. The standard InChI is InChI=1S/C24H35NO8/c1-14(2)22(16(4)30-12-18-7-8-18)33-24(28)15(3)11-19(27)21-23(32-13-31-17(5)26)20(29-6)9-10-25-21/h9-10,14-16,18,22H,7-8,11-13H2,1-6H3/t15-,16+,22-/m1/s1. The molecule has 1 aromatic rings. The van der Waals surface area contributed by atoms with Crippen LogP contribution in [0, 0.1) is 17.8 Å². The molecule has 0 bridgehead atoms. The van der Waals surface area contributed by atoms with Crippen molar-refractivity contribution in [3.05, 3.63) is 18.0 Å². The van der Waals surface area contributed by atoms with Gasteiger partial charge in [0, 0.05) is 32.2 Å². The van der Waals surface area contributed by atoms with Gasteiger partial charge >= 0.3 is 11.9 Å². The van der Waals surface area contributed by atoms with E-state index >= 15 is 0 Å². The summed E-state index contributed by atoms with van der Waals surface area (Å²) in [4.78, 5) is 40.8. The first-order chi connectivity index (χ1) is 15.6. The molecule has 1 aromatic heterocycles. The van der Waals surface area contributed by atoms with Crippen molar-refractivity contribution in [1.82, 2.24) is 4.98 Å². The van der Waals surface area contributed by atoms with E-state index in [1.807, 2.05) is 20.8 Å². The second kappa shape index (κ2) is 12.5. The maximum atomic E-state index is 12.9. The zero-order valence-electron chi connectivity index (χ0n) is 20.3. The van der Waals surface area contributed by atoms with E-state index in [2.05, 4.69) is 4.98 Å². The van der Waals surface area contributed by atoms with E-state index < -0.39 is 36.5 Å². The molecule has 2 rings (SSSR count). The van der Waals surface area contributed by atoms with Crippen LogP contribution in [0.4, 0.5) is 0 Å². The summed E-state index contributed by atoms with van der Waals surface area (Å²) in [5, 5.41) is 0. The average Bonchev–Trinajstić information content (AvgIpc) is 3.59. The van der Waals surface area contributed by atoms with Gasteiger partial charge in [-0.25, -0.2) is 4.98 Å². The quantitative estimate of drug-likeness (QED) is 0.231. The second-order valence-corrected chi connectivity index (χ2v) is 8.74. The summed E-state index contributed by atoms with van der Waals surface area (Å²) in [6.07, 6.45) is 2.99. The van der Waals surface area contributed by atoms with Crippen LogP contribution >= 0.6 is 0 Å². The van der Waals surface area contributed by atoms with Crippen LogP contribution in [-0.2, 0) is 23.8 Å². The summed E-state index contributed by atoms with van der Waals surface area (Å²) in [6.45, 7) is 8.99. The van der Waals surface area contributed by atoms with Crippen molar-refractivity contribution in [2.75, 3.05) is 20.5 Å². The lowest BCUT2D eigenvalue weighted by Gasteiger charge is -2.28. The molecule has 1 heterocycles. The fourth-order valence-electron chi connectivity index (χ4n) is 3.25. The van der Waals surface area contributed by atoms with Crippen LogP contribution in [0.15, 0.2) is 12.3 Å². The Labute approximate surface area is 195 Å². The molecule has 1 fully saturated rings. The zero-order chi connectivity index (χ0) is 24.5. The van der Waals surface area contributed by atoms with Crippen molar-refractivity contribution in [2.24, 2.45) is 17.8 Å². The Morgan fingerprint density at radius 2 is 1.85 bits per heavy atom. The summed E-state index contributed by atoms with van der Waals surface area (Å²) in [7, 11) is 1.42. The van der Waals surface area contributed by atoms with E-state index in [4.69, 9.17) is 23.7 Å². The lowest BCUT2D eigenvalue weighted by molar-refractivity contribution is -0.165. The topological polar surface area (TPSA) is 110 Å². The highest BCUT2D eigenvalue weighted by Gasteiger charge is 2.31. The molecule has 1 aliphatic carbocycles. The van der Waals surface area contributed by atoms with Gasteiger partial charge in [-0.3, -0.25) is 14.4 Å². The predicted molar refractivity (Wildman–Crippen MR) is 119 cm³/mol. The Bertz CT molecular complexity index is 821. The Morgan fingerprint density at radius 1 is 1.15 bits per heavy atom. The molecular formula is C24H35NO8. The first kappa shape index (κ1) is 26.6. The Hall–Kier alpha value is -2.68. The van der Waals surface area contributed by atoms with Gasteiger partial charge < -0.3 is 23.7 Å². The number of aromatic nitrogens is 1. The van der Waals surface area contributed by atoms with Crippen LogP contribution in [-0.4, -0.2) is 55.4 Å². The van der Waals surface area contributed by atoms with E-state index in [-0.39, 0.29) is 35.6 Å². The van der Waals surface area contributed by atoms with E-state index in [1.54, 1.807) is 6.92 Å². The number of pyridine rings is 1. The summed E-state index contributed by atoms with van der Waals surface area (Å²) < 4.78 is 27.1. The van der Waals surface area contributed by atoms with Gasteiger partial charge in [-0.05, 0) is 31.6 Å². The van der Waals surface area contributed by atoms with Crippen molar-refractivity contribution < 1.29 is 38.1 Å². The molecule has 0 saturated heterocycles. The Kier molecular flexibility index (Phi) is 10.1.